The molecule has 0 spiro atoms. The van der Waals surface area contributed by atoms with E-state index in [0.29, 0.717) is 24.4 Å². The molecule has 1 aromatic carbocycles. The van der Waals surface area contributed by atoms with E-state index in [1.54, 1.807) is 0 Å². The number of rotatable bonds is 6. The van der Waals surface area contributed by atoms with E-state index in [1.807, 2.05) is 4.57 Å². The molecule has 0 bridgehead atoms. The quantitative estimate of drug-likeness (QED) is 0.577. The van der Waals surface area contributed by atoms with Crippen molar-refractivity contribution in [3.05, 3.63) is 40.0 Å². The zero-order chi connectivity index (χ0) is 19.8. The van der Waals surface area contributed by atoms with Crippen molar-refractivity contribution in [3.63, 3.8) is 0 Å². The van der Waals surface area contributed by atoms with Gasteiger partial charge in [-0.3, -0.25) is 10.1 Å². The zero-order valence-corrected chi connectivity index (χ0v) is 14.5. The van der Waals surface area contributed by atoms with E-state index in [9.17, 15) is 31.7 Å². The monoisotopic (exact) mass is 405 g/mol. The van der Waals surface area contributed by atoms with Gasteiger partial charge in [-0.15, -0.1) is 10.2 Å². The lowest BCUT2D eigenvalue weighted by atomic mass is 10.2. The van der Waals surface area contributed by atoms with Gasteiger partial charge in [0.2, 0.25) is 0 Å². The predicted molar refractivity (Wildman–Crippen MR) is 86.9 cm³/mol. The van der Waals surface area contributed by atoms with E-state index < -0.39 is 30.9 Å². The molecule has 0 aliphatic carbocycles. The molecule has 146 valence electrons. The summed E-state index contributed by atoms with van der Waals surface area (Å²) < 4.78 is 62.7. The molecule has 2 aromatic rings. The number of benzene rings is 1. The Morgan fingerprint density at radius 3 is 2.70 bits per heavy atom. The lowest BCUT2D eigenvalue weighted by Gasteiger charge is -2.11. The smallest absolute Gasteiger partial charge is 0.379 e. The standard InChI is InChI=1S/C14H14F3N5O4S/c15-14(16,17)27(25,26)9-3-4-10(11(8-9)22(23)24)18-6-5-13-20-19-12-2-1-7-21(12)13/h3-4,8,18H,1-2,5-7H2. The average molecular weight is 405 g/mol. The Kier molecular flexibility index (Phi) is 4.80. The van der Waals surface area contributed by atoms with Crippen molar-refractivity contribution in [2.24, 2.45) is 0 Å². The number of nitro groups is 1. The second-order valence-electron chi connectivity index (χ2n) is 5.85. The van der Waals surface area contributed by atoms with Crippen LogP contribution < -0.4 is 5.32 Å². The number of nitrogens with one attached hydrogen (secondary N) is 1. The number of alkyl halides is 3. The summed E-state index contributed by atoms with van der Waals surface area (Å²) in [7, 11) is -5.67. The number of nitro benzene ring substituents is 1. The summed E-state index contributed by atoms with van der Waals surface area (Å²) in [6.45, 7) is 1.01. The molecular formula is C14H14F3N5O4S. The fraction of sp³-hybridized carbons (Fsp3) is 0.429. The fourth-order valence-electron chi connectivity index (χ4n) is 2.82. The largest absolute Gasteiger partial charge is 0.501 e. The molecule has 2 heterocycles. The lowest BCUT2D eigenvalue weighted by molar-refractivity contribution is -0.384. The topological polar surface area (TPSA) is 120 Å². The number of aromatic nitrogens is 3. The van der Waals surface area contributed by atoms with Crippen LogP contribution in [0, 0.1) is 10.1 Å². The molecule has 1 aromatic heterocycles. The first-order valence-corrected chi connectivity index (χ1v) is 9.34. The maximum Gasteiger partial charge on any atom is 0.501 e. The first-order chi connectivity index (χ1) is 12.6. The highest BCUT2D eigenvalue weighted by atomic mass is 32.2. The maximum atomic E-state index is 12.6. The van der Waals surface area contributed by atoms with Crippen molar-refractivity contribution in [3.8, 4) is 0 Å². The van der Waals surface area contributed by atoms with Crippen LogP contribution in [0.15, 0.2) is 23.1 Å². The highest BCUT2D eigenvalue weighted by Crippen LogP contribution is 2.34. The van der Waals surface area contributed by atoms with E-state index in [1.165, 1.54) is 0 Å². The number of nitrogens with zero attached hydrogens (tertiary/aromatic N) is 4. The zero-order valence-electron chi connectivity index (χ0n) is 13.7. The number of hydrogen-bond acceptors (Lipinski definition) is 7. The van der Waals surface area contributed by atoms with Gasteiger partial charge in [-0.1, -0.05) is 0 Å². The number of hydrogen-bond donors (Lipinski definition) is 1. The number of halogens is 3. The molecule has 1 N–H and O–H groups in total. The third kappa shape index (κ3) is 3.59. The highest BCUT2D eigenvalue weighted by Gasteiger charge is 2.47. The molecule has 0 fully saturated rings. The highest BCUT2D eigenvalue weighted by molar-refractivity contribution is 7.92. The fourth-order valence-corrected chi connectivity index (χ4v) is 3.60. The normalized spacial score (nSPS) is 14.2. The molecule has 13 heteroatoms. The Labute approximate surface area is 151 Å². The summed E-state index contributed by atoms with van der Waals surface area (Å²) in [5, 5.41) is 22.0. The SMILES string of the molecule is O=[N+]([O-])c1cc(S(=O)(=O)C(F)(F)F)ccc1NCCc1nnc2n1CCC2. The Morgan fingerprint density at radius 1 is 1.30 bits per heavy atom. The molecule has 0 amide bonds. The van der Waals surface area contributed by atoms with Crippen molar-refractivity contribution in [2.75, 3.05) is 11.9 Å². The lowest BCUT2D eigenvalue weighted by Crippen LogP contribution is -2.23. The molecule has 27 heavy (non-hydrogen) atoms. The van der Waals surface area contributed by atoms with Gasteiger partial charge in [0, 0.05) is 32.0 Å². The summed E-state index contributed by atoms with van der Waals surface area (Å²) in [5.41, 5.74) is -6.38. The molecule has 0 saturated carbocycles. The Bertz CT molecular complexity index is 987. The number of anilines is 1. The average Bonchev–Trinajstić information content (AvgIpc) is 3.18. The van der Waals surface area contributed by atoms with E-state index in [0.717, 1.165) is 31.3 Å². The van der Waals surface area contributed by atoms with Crippen LogP contribution >= 0.6 is 0 Å². The molecule has 3 rings (SSSR count). The van der Waals surface area contributed by atoms with Gasteiger partial charge >= 0.3 is 5.51 Å². The Morgan fingerprint density at radius 2 is 2.04 bits per heavy atom. The molecule has 0 atom stereocenters. The van der Waals surface area contributed by atoms with E-state index in [4.69, 9.17) is 0 Å². The predicted octanol–water partition coefficient (Wildman–Crippen LogP) is 2.08. The van der Waals surface area contributed by atoms with Gasteiger partial charge in [0.05, 0.1) is 9.82 Å². The minimum atomic E-state index is -5.67. The summed E-state index contributed by atoms with van der Waals surface area (Å²) >= 11 is 0. The third-order valence-electron chi connectivity index (χ3n) is 4.13. The molecule has 1 aliphatic rings. The Hall–Kier alpha value is -2.70. The maximum absolute atomic E-state index is 12.6. The molecule has 1 aliphatic heterocycles. The molecule has 9 nitrogen and oxygen atoms in total. The van der Waals surface area contributed by atoms with E-state index >= 15 is 0 Å². The van der Waals surface area contributed by atoms with Crippen LogP contribution in [0.25, 0.3) is 0 Å². The molecular weight excluding hydrogens is 391 g/mol. The van der Waals surface area contributed by atoms with Crippen molar-refractivity contribution >= 4 is 21.2 Å². The van der Waals surface area contributed by atoms with Crippen LogP contribution in [0.4, 0.5) is 24.5 Å². The van der Waals surface area contributed by atoms with Crippen LogP contribution in [0.3, 0.4) is 0 Å². The third-order valence-corrected chi connectivity index (χ3v) is 5.62. The van der Waals surface area contributed by atoms with Gasteiger partial charge in [0.25, 0.3) is 15.5 Å². The van der Waals surface area contributed by atoms with Gasteiger partial charge in [0.15, 0.2) is 0 Å². The molecule has 0 unspecified atom stereocenters. The van der Waals surface area contributed by atoms with E-state index in [2.05, 4.69) is 15.5 Å². The van der Waals surface area contributed by atoms with Crippen LogP contribution in [0.2, 0.25) is 0 Å². The first kappa shape index (κ1) is 19.1. The van der Waals surface area contributed by atoms with Crippen LogP contribution in [0.5, 0.6) is 0 Å². The van der Waals surface area contributed by atoms with E-state index in [-0.39, 0.29) is 12.2 Å². The molecule has 0 saturated heterocycles. The minimum Gasteiger partial charge on any atom is -0.379 e. The van der Waals surface area contributed by atoms with Crippen molar-refractivity contribution in [2.45, 2.75) is 36.2 Å². The van der Waals surface area contributed by atoms with Gasteiger partial charge in [-0.2, -0.15) is 13.2 Å². The second-order valence-corrected chi connectivity index (χ2v) is 7.79. The second kappa shape index (κ2) is 6.79. The van der Waals surface area contributed by atoms with Gasteiger partial charge in [-0.05, 0) is 18.6 Å². The van der Waals surface area contributed by atoms with Crippen LogP contribution in [0.1, 0.15) is 18.1 Å². The van der Waals surface area contributed by atoms with Gasteiger partial charge in [-0.25, -0.2) is 8.42 Å². The van der Waals surface area contributed by atoms with Crippen LogP contribution in [-0.2, 0) is 29.2 Å². The number of sulfone groups is 1. The summed E-state index contributed by atoms with van der Waals surface area (Å²) in [6, 6.07) is 2.04. The summed E-state index contributed by atoms with van der Waals surface area (Å²) in [5.74, 6) is 1.58. The summed E-state index contributed by atoms with van der Waals surface area (Å²) in [6.07, 6.45) is 2.19. The first-order valence-electron chi connectivity index (χ1n) is 7.86. The Balaban J connectivity index is 1.78. The molecule has 0 radical (unpaired) electrons. The number of fused-ring (bicyclic) bond motifs is 1. The number of aryl methyl sites for hydroxylation is 1. The van der Waals surface area contributed by atoms with Gasteiger partial charge < -0.3 is 9.88 Å². The summed E-state index contributed by atoms with van der Waals surface area (Å²) in [4.78, 5) is 9.04. The van der Waals surface area contributed by atoms with Gasteiger partial charge in [0.1, 0.15) is 17.3 Å². The van der Waals surface area contributed by atoms with Crippen molar-refractivity contribution in [1.29, 1.82) is 0 Å². The minimum absolute atomic E-state index is 0.0812. The van der Waals surface area contributed by atoms with Crippen molar-refractivity contribution < 1.29 is 26.5 Å². The van der Waals surface area contributed by atoms with Crippen molar-refractivity contribution in [1.82, 2.24) is 14.8 Å². The van der Waals surface area contributed by atoms with Crippen LogP contribution in [-0.4, -0.2) is 40.2 Å².